The van der Waals surface area contributed by atoms with E-state index in [9.17, 15) is 23.1 Å². The first kappa shape index (κ1) is 26.9. The Kier molecular flexibility index (Phi) is 7.25. The van der Waals surface area contributed by atoms with Gasteiger partial charge in [-0.05, 0) is 68.4 Å². The van der Waals surface area contributed by atoms with E-state index in [-0.39, 0.29) is 41.1 Å². The lowest BCUT2D eigenvalue weighted by molar-refractivity contribution is -0.140. The predicted molar refractivity (Wildman–Crippen MR) is 144 cm³/mol. The number of sulfonamides is 1. The van der Waals surface area contributed by atoms with E-state index in [1.54, 1.807) is 37.3 Å². The minimum Gasteiger partial charge on any atom is -0.480 e. The zero-order chi connectivity index (χ0) is 27.1. The zero-order valence-corrected chi connectivity index (χ0v) is 23.0. The number of carboxylic acid groups (broad SMARTS) is 1. The second kappa shape index (κ2) is 9.97. The lowest BCUT2D eigenvalue weighted by Gasteiger charge is -2.41. The van der Waals surface area contributed by atoms with E-state index in [1.807, 2.05) is 36.9 Å². The fourth-order valence-electron chi connectivity index (χ4n) is 5.96. The van der Waals surface area contributed by atoms with Crippen molar-refractivity contribution in [1.29, 1.82) is 0 Å². The fourth-order valence-corrected chi connectivity index (χ4v) is 7.47. The predicted octanol–water partition coefficient (Wildman–Crippen LogP) is 4.80. The topological polar surface area (TPSA) is 95.0 Å². The number of para-hydroxylation sites is 1. The number of aliphatic carboxylic acids is 1. The Hall–Kier alpha value is -3.13. The van der Waals surface area contributed by atoms with Crippen molar-refractivity contribution in [2.75, 3.05) is 17.4 Å². The summed E-state index contributed by atoms with van der Waals surface area (Å²) in [5.41, 5.74) is 3.84. The minimum atomic E-state index is -3.80. The molecule has 2 aromatic rings. The van der Waals surface area contributed by atoms with Gasteiger partial charge in [0.25, 0.3) is 10.0 Å². The lowest BCUT2D eigenvalue weighted by atomic mass is 9.68. The van der Waals surface area contributed by atoms with E-state index < -0.39 is 16.0 Å². The molecule has 0 amide bonds. The van der Waals surface area contributed by atoms with Gasteiger partial charge in [0.1, 0.15) is 12.3 Å². The first-order chi connectivity index (χ1) is 17.4. The number of fused-ring (bicyclic) bond motifs is 1. The van der Waals surface area contributed by atoms with E-state index in [0.29, 0.717) is 18.5 Å². The average Bonchev–Trinajstić information content (AvgIpc) is 3.05. The highest BCUT2D eigenvalue weighted by Gasteiger charge is 2.49. The number of carbonyl (C=O) groups excluding carboxylic acids is 1. The molecular formula is C29H36N2O5S. The van der Waals surface area contributed by atoms with Crippen LogP contribution in [0.25, 0.3) is 0 Å². The third-order valence-corrected chi connectivity index (χ3v) is 9.56. The monoisotopic (exact) mass is 524 g/mol. The molecule has 1 saturated carbocycles. The van der Waals surface area contributed by atoms with Crippen LogP contribution in [-0.4, -0.2) is 49.3 Å². The van der Waals surface area contributed by atoms with Gasteiger partial charge in [0, 0.05) is 24.7 Å². The van der Waals surface area contributed by atoms with Crippen LogP contribution in [-0.2, 0) is 26.0 Å². The molecule has 1 fully saturated rings. The molecule has 4 rings (SSSR count). The standard InChI is InChI=1S/C29H36N2O5S/c1-6-31(37(35,36)22-13-11-19(2)12-14-22)24-10-8-7-9-21(24)15-23-20(3)30(18-27(33)34)25-16-29(4,5)17-26(32)28(23)25/h7-14,25,28H,6,15-18H2,1-5H3,(H,33,34). The number of anilines is 1. The number of carboxylic acids is 1. The van der Waals surface area contributed by atoms with Crippen molar-refractivity contribution in [2.45, 2.75) is 64.8 Å². The van der Waals surface area contributed by atoms with Crippen molar-refractivity contribution in [2.24, 2.45) is 11.3 Å². The van der Waals surface area contributed by atoms with Gasteiger partial charge >= 0.3 is 5.97 Å². The number of benzene rings is 2. The van der Waals surface area contributed by atoms with Crippen LogP contribution in [0.4, 0.5) is 5.69 Å². The van der Waals surface area contributed by atoms with Crippen molar-refractivity contribution in [3.63, 3.8) is 0 Å². The Morgan fingerprint density at radius 3 is 2.38 bits per heavy atom. The maximum Gasteiger partial charge on any atom is 0.323 e. The number of ketones is 1. The molecule has 2 aromatic carbocycles. The minimum absolute atomic E-state index is 0.126. The maximum atomic E-state index is 13.6. The summed E-state index contributed by atoms with van der Waals surface area (Å²) in [5, 5.41) is 9.60. The lowest BCUT2D eigenvalue weighted by Crippen LogP contribution is -2.47. The van der Waals surface area contributed by atoms with Crippen molar-refractivity contribution in [3.05, 3.63) is 70.9 Å². The molecule has 0 spiro atoms. The Balaban J connectivity index is 1.75. The number of rotatable bonds is 8. The molecule has 2 unspecified atom stereocenters. The molecule has 1 N–H and O–H groups in total. The molecule has 1 aliphatic heterocycles. The number of aryl methyl sites for hydroxylation is 1. The number of hydrogen-bond donors (Lipinski definition) is 1. The number of carbonyl (C=O) groups is 2. The van der Waals surface area contributed by atoms with Crippen LogP contribution in [0.15, 0.2) is 64.7 Å². The van der Waals surface area contributed by atoms with Crippen molar-refractivity contribution >= 4 is 27.5 Å². The van der Waals surface area contributed by atoms with Crippen LogP contribution in [0.2, 0.25) is 0 Å². The first-order valence-corrected chi connectivity index (χ1v) is 14.2. The van der Waals surface area contributed by atoms with E-state index >= 15 is 0 Å². The van der Waals surface area contributed by atoms with Crippen LogP contribution < -0.4 is 4.31 Å². The zero-order valence-electron chi connectivity index (χ0n) is 22.2. The third kappa shape index (κ3) is 5.17. The molecule has 37 heavy (non-hydrogen) atoms. The molecule has 0 bridgehead atoms. The Labute approximate surface area is 219 Å². The summed E-state index contributed by atoms with van der Waals surface area (Å²) in [4.78, 5) is 27.2. The second-order valence-electron chi connectivity index (χ2n) is 11.0. The molecular weight excluding hydrogens is 488 g/mol. The Bertz CT molecular complexity index is 1340. The number of hydrogen-bond acceptors (Lipinski definition) is 5. The van der Waals surface area contributed by atoms with Gasteiger partial charge in [-0.2, -0.15) is 0 Å². The number of allylic oxidation sites excluding steroid dienone is 1. The molecule has 2 atom stereocenters. The summed E-state index contributed by atoms with van der Waals surface area (Å²) in [5.74, 6) is -1.19. The van der Waals surface area contributed by atoms with Gasteiger partial charge in [-0.1, -0.05) is 49.7 Å². The number of nitrogens with zero attached hydrogens (tertiary/aromatic N) is 2. The number of Topliss-reactive ketones (excluding diaryl/α,β-unsaturated/α-hetero) is 1. The van der Waals surface area contributed by atoms with Crippen LogP contribution in [0.3, 0.4) is 0 Å². The van der Waals surface area contributed by atoms with Gasteiger partial charge in [0.2, 0.25) is 0 Å². The molecule has 0 radical (unpaired) electrons. The summed E-state index contributed by atoms with van der Waals surface area (Å²) in [7, 11) is -3.80. The Morgan fingerprint density at radius 1 is 1.11 bits per heavy atom. The summed E-state index contributed by atoms with van der Waals surface area (Å²) >= 11 is 0. The molecule has 7 nitrogen and oxygen atoms in total. The van der Waals surface area contributed by atoms with Gasteiger partial charge in [-0.3, -0.25) is 13.9 Å². The van der Waals surface area contributed by atoms with Gasteiger partial charge in [-0.25, -0.2) is 8.42 Å². The van der Waals surface area contributed by atoms with E-state index in [0.717, 1.165) is 28.8 Å². The van der Waals surface area contributed by atoms with Crippen molar-refractivity contribution in [3.8, 4) is 0 Å². The van der Waals surface area contributed by atoms with Crippen LogP contribution in [0, 0.1) is 18.3 Å². The summed E-state index contributed by atoms with van der Waals surface area (Å²) in [6.45, 7) is 9.80. The average molecular weight is 525 g/mol. The summed E-state index contributed by atoms with van der Waals surface area (Å²) in [6.07, 6.45) is 1.55. The van der Waals surface area contributed by atoms with Crippen molar-refractivity contribution < 1.29 is 23.1 Å². The molecule has 8 heteroatoms. The highest BCUT2D eigenvalue weighted by Crippen LogP contribution is 2.48. The van der Waals surface area contributed by atoms with Gasteiger partial charge in [-0.15, -0.1) is 0 Å². The quantitative estimate of drug-likeness (QED) is 0.533. The van der Waals surface area contributed by atoms with E-state index in [4.69, 9.17) is 0 Å². The molecule has 0 saturated heterocycles. The van der Waals surface area contributed by atoms with Crippen LogP contribution >= 0.6 is 0 Å². The SMILES string of the molecule is CCN(c1ccccc1CC1=C(C)N(CC(=O)O)C2CC(C)(C)CC(=O)C12)S(=O)(=O)c1ccc(C)cc1. The summed E-state index contributed by atoms with van der Waals surface area (Å²) in [6, 6.07) is 14.0. The fraction of sp³-hybridized carbons (Fsp3) is 0.448. The van der Waals surface area contributed by atoms with Crippen LogP contribution in [0.5, 0.6) is 0 Å². The molecule has 0 aromatic heterocycles. The second-order valence-corrected chi connectivity index (χ2v) is 12.8. The van der Waals surface area contributed by atoms with E-state index in [1.165, 1.54) is 4.31 Å². The smallest absolute Gasteiger partial charge is 0.323 e. The van der Waals surface area contributed by atoms with Gasteiger partial charge in [0.15, 0.2) is 0 Å². The molecule has 198 valence electrons. The summed E-state index contributed by atoms with van der Waals surface area (Å²) < 4.78 is 28.7. The maximum absolute atomic E-state index is 13.6. The van der Waals surface area contributed by atoms with Gasteiger partial charge < -0.3 is 10.0 Å². The van der Waals surface area contributed by atoms with Crippen LogP contribution in [0.1, 0.15) is 51.7 Å². The van der Waals surface area contributed by atoms with Crippen molar-refractivity contribution in [1.82, 2.24) is 4.90 Å². The molecule has 1 heterocycles. The highest BCUT2D eigenvalue weighted by molar-refractivity contribution is 7.92. The first-order valence-electron chi connectivity index (χ1n) is 12.7. The van der Waals surface area contributed by atoms with Gasteiger partial charge in [0.05, 0.1) is 16.5 Å². The van der Waals surface area contributed by atoms with E-state index in [2.05, 4.69) is 13.8 Å². The highest BCUT2D eigenvalue weighted by atomic mass is 32.2. The molecule has 2 aliphatic rings. The largest absolute Gasteiger partial charge is 0.480 e. The molecule has 1 aliphatic carbocycles. The Morgan fingerprint density at radius 2 is 1.76 bits per heavy atom. The normalized spacial score (nSPS) is 21.2. The third-order valence-electron chi connectivity index (χ3n) is 7.66.